The smallest absolute Gasteiger partial charge is 0.410 e. The summed E-state index contributed by atoms with van der Waals surface area (Å²) in [7, 11) is 6.09. The first-order valence-electron chi connectivity index (χ1n) is 39.1. The number of primary amides is 1. The molecule has 2 fully saturated rings. The fourth-order valence-electron chi connectivity index (χ4n) is 14.3. The number of likely N-dealkylation sites (tertiary alicyclic amines) is 1. The van der Waals surface area contributed by atoms with E-state index < -0.39 is 126 Å². The number of urea groups is 1. The van der Waals surface area contributed by atoms with E-state index in [0.717, 1.165) is 25.7 Å². The second-order valence-electron chi connectivity index (χ2n) is 29.9. The van der Waals surface area contributed by atoms with Crippen molar-refractivity contribution in [3.05, 3.63) is 65.7 Å². The zero-order chi connectivity index (χ0) is 81.0. The molecule has 1 heterocycles. The number of carbonyl (C=O) groups is 10. The highest BCUT2D eigenvalue weighted by molar-refractivity contribution is 5.98. The van der Waals surface area contributed by atoms with Gasteiger partial charge >= 0.3 is 18.2 Å². The predicted octanol–water partition coefficient (Wildman–Crippen LogP) is 6.21. The van der Waals surface area contributed by atoms with Gasteiger partial charge in [-0.05, 0) is 110 Å². The van der Waals surface area contributed by atoms with Gasteiger partial charge in [0.25, 0.3) is 0 Å². The van der Waals surface area contributed by atoms with Gasteiger partial charge in [0.05, 0.1) is 108 Å². The molecule has 3 aliphatic rings. The molecule has 0 bridgehead atoms. The Kier molecular flexibility index (Phi) is 40.8. The molecule has 30 heteroatoms. The standard InChI is InChI=1S/C80H127N11O19/c1-15-53(8)70(64(103-13)47-66(93)91-38-24-30-63(91)72(104-14)54(9)73(95)84-55(10)71(94)57-25-19-18-20-26-57)89(11)77(99)68(51(4)5)88-76(98)69(52(6)7)90(12)80(102)110-48-56-31-33-58(34-32-56)85-74(96)62(29-23-36-82-78(81)100)86-75(97)67(50(2)3)87-65(92)35-39-105-41-43-107-45-46-108-44-42-106-40-37-83-79(101)109-49-61-59-27-21-16-17-22-28-60(59)61/h18-20,25-26,31-34,50-55,59-64,67-72,94H,15,21-24,27-30,35-49H2,1-14H3,(H,83,101)(H,84,95)(H,85,96)(H,86,97)(H,87,92)(H,88,98)(H3,81,82,100)/t53-,54+,55+,59-,60+,61?,62-,63-,64+,67-,68-,69-,70-,71+,72+/m0/s1. The lowest BCUT2D eigenvalue weighted by molar-refractivity contribution is -0.148. The number of anilines is 1. The van der Waals surface area contributed by atoms with Crippen LogP contribution in [0.2, 0.25) is 0 Å². The number of likely N-dealkylation sites (N-methyl/N-ethyl adjacent to an activating group) is 2. The number of aliphatic hydroxyl groups is 1. The molecular formula is C80H127N11O19. The number of amides is 11. The predicted molar refractivity (Wildman–Crippen MR) is 413 cm³/mol. The van der Waals surface area contributed by atoms with Gasteiger partial charge < -0.3 is 95.8 Å². The largest absolute Gasteiger partial charge is 0.449 e. The number of aliphatic hydroxyl groups excluding tert-OH is 1. The third-order valence-corrected chi connectivity index (χ3v) is 20.9. The number of rotatable bonds is 49. The molecular weight excluding hydrogens is 1420 g/mol. The highest BCUT2D eigenvalue weighted by Crippen LogP contribution is 2.52. The van der Waals surface area contributed by atoms with E-state index in [-0.39, 0.29) is 82.3 Å². The number of carbonyl (C=O) groups excluding carboxylic acids is 10. The Morgan fingerprint density at radius 2 is 1.25 bits per heavy atom. The minimum atomic E-state index is -1.12. The highest BCUT2D eigenvalue weighted by Gasteiger charge is 2.50. The molecule has 5 rings (SSSR count). The summed E-state index contributed by atoms with van der Waals surface area (Å²) in [6.07, 6.45) is 2.39. The summed E-state index contributed by atoms with van der Waals surface area (Å²) >= 11 is 0. The van der Waals surface area contributed by atoms with Gasteiger partial charge in [-0.25, -0.2) is 14.4 Å². The molecule has 1 unspecified atom stereocenters. The molecule has 0 radical (unpaired) electrons. The van der Waals surface area contributed by atoms with Crippen molar-refractivity contribution in [3.8, 4) is 11.8 Å². The SMILES string of the molecule is CC[C@H](C)[C@@H]([C@@H](CC(=O)N1CCC[C@H]1[C@H](OC)[C@@H](C)C(=O)N[C@H](C)[C@@H](O)c1ccccc1)OC)N(C)C(=O)[C@@H](NC(=O)[C@H](C(C)C)N(C)C(=O)OCc1ccc(NC(=O)[C@H](CCCNC(N)=O)NC(=O)[C@@H](NC(=O)CCOCCOCCOCCOCCNC(=O)OCC2[C@H]3CCC#CCC[C@@H]23)C(C)C)cc1)C(C)C. The van der Waals surface area contributed by atoms with E-state index in [1.165, 1.54) is 26.2 Å². The molecule has 11 amide bonds. The van der Waals surface area contributed by atoms with Crippen LogP contribution in [0.15, 0.2) is 54.6 Å². The van der Waals surface area contributed by atoms with Crippen molar-refractivity contribution in [3.63, 3.8) is 0 Å². The van der Waals surface area contributed by atoms with Crippen molar-refractivity contribution in [2.24, 2.45) is 53.1 Å². The summed E-state index contributed by atoms with van der Waals surface area (Å²) in [4.78, 5) is 140. The maximum absolute atomic E-state index is 14.9. The topological polar surface area (TPSA) is 385 Å². The van der Waals surface area contributed by atoms with E-state index in [4.69, 9.17) is 43.6 Å². The van der Waals surface area contributed by atoms with Crippen LogP contribution >= 0.6 is 0 Å². The molecule has 616 valence electrons. The molecule has 2 aromatic carbocycles. The van der Waals surface area contributed by atoms with Gasteiger partial charge in [0.2, 0.25) is 41.4 Å². The average molecular weight is 1550 g/mol. The second kappa shape index (κ2) is 48.6. The summed E-state index contributed by atoms with van der Waals surface area (Å²) < 4.78 is 45.5. The fourth-order valence-corrected chi connectivity index (χ4v) is 14.3. The van der Waals surface area contributed by atoms with E-state index in [2.05, 4.69) is 49.1 Å². The summed E-state index contributed by atoms with van der Waals surface area (Å²) in [5.41, 5.74) is 6.81. The molecule has 0 aromatic heterocycles. The first-order chi connectivity index (χ1) is 52.5. The normalized spacial score (nSPS) is 18.9. The van der Waals surface area contributed by atoms with Gasteiger partial charge in [-0.15, -0.1) is 11.8 Å². The van der Waals surface area contributed by atoms with Crippen LogP contribution in [0.1, 0.15) is 157 Å². The van der Waals surface area contributed by atoms with Crippen molar-refractivity contribution >= 4 is 65.3 Å². The number of methoxy groups -OCH3 is 2. The maximum Gasteiger partial charge on any atom is 0.410 e. The van der Waals surface area contributed by atoms with Crippen molar-refractivity contribution in [1.82, 2.24) is 46.6 Å². The van der Waals surface area contributed by atoms with E-state index in [1.54, 1.807) is 109 Å². The van der Waals surface area contributed by atoms with Crippen LogP contribution in [0.5, 0.6) is 0 Å². The number of nitrogens with zero attached hydrogens (tertiary/aromatic N) is 3. The Morgan fingerprint density at radius 1 is 0.645 bits per heavy atom. The van der Waals surface area contributed by atoms with Gasteiger partial charge in [0.1, 0.15) is 30.8 Å². The highest BCUT2D eigenvalue weighted by atomic mass is 16.6. The molecule has 2 aliphatic carbocycles. The Labute approximate surface area is 650 Å². The summed E-state index contributed by atoms with van der Waals surface area (Å²) in [5, 5.41) is 30.4. The summed E-state index contributed by atoms with van der Waals surface area (Å²) in [5.74, 6) is 2.67. The van der Waals surface area contributed by atoms with Gasteiger partial charge in [-0.1, -0.05) is 111 Å². The monoisotopic (exact) mass is 1550 g/mol. The number of fused-ring (bicyclic) bond motifs is 1. The summed E-state index contributed by atoms with van der Waals surface area (Å²) in [6, 6.07) is 8.72. The van der Waals surface area contributed by atoms with Crippen LogP contribution in [0, 0.1) is 59.2 Å². The Balaban J connectivity index is 1.05. The zero-order valence-corrected chi connectivity index (χ0v) is 67.3. The Morgan fingerprint density at radius 3 is 1.83 bits per heavy atom. The molecule has 1 saturated carbocycles. The van der Waals surface area contributed by atoms with Crippen molar-refractivity contribution < 1.29 is 90.9 Å². The van der Waals surface area contributed by atoms with Crippen LogP contribution in [0.4, 0.5) is 20.1 Å². The molecule has 10 N–H and O–H groups in total. The van der Waals surface area contributed by atoms with Gasteiger partial charge in [0, 0.05) is 72.9 Å². The lowest BCUT2D eigenvalue weighted by Gasteiger charge is -2.41. The maximum atomic E-state index is 14.9. The minimum absolute atomic E-state index is 0.0529. The van der Waals surface area contributed by atoms with Crippen LogP contribution in [-0.4, -0.2) is 241 Å². The number of benzene rings is 2. The molecule has 2 aromatic rings. The third-order valence-electron chi connectivity index (χ3n) is 20.9. The van der Waals surface area contributed by atoms with E-state index >= 15 is 0 Å². The molecule has 1 aliphatic heterocycles. The lowest BCUT2D eigenvalue weighted by atomic mass is 9.89. The Hall–Kier alpha value is -8.18. The molecule has 15 atom stereocenters. The van der Waals surface area contributed by atoms with Crippen molar-refractivity contribution in [2.75, 3.05) is 113 Å². The van der Waals surface area contributed by atoms with Crippen molar-refractivity contribution in [1.29, 1.82) is 0 Å². The van der Waals surface area contributed by atoms with E-state index in [1.807, 2.05) is 32.0 Å². The molecule has 0 spiro atoms. The number of nitrogens with one attached hydrogen (secondary N) is 7. The van der Waals surface area contributed by atoms with Crippen LogP contribution in [-0.2, 0) is 78.1 Å². The minimum Gasteiger partial charge on any atom is -0.449 e. The van der Waals surface area contributed by atoms with Crippen LogP contribution in [0.3, 0.4) is 0 Å². The van der Waals surface area contributed by atoms with Crippen molar-refractivity contribution in [2.45, 2.75) is 207 Å². The fraction of sp³-hybridized carbons (Fsp3) is 0.700. The quantitative estimate of drug-likeness (QED) is 0.0262. The number of alkyl carbamates (subject to hydrolysis) is 1. The average Bonchev–Trinajstić information content (AvgIpc) is 1.62. The number of nitrogens with two attached hydrogens (primary N) is 1. The first kappa shape index (κ1) is 92.4. The van der Waals surface area contributed by atoms with Gasteiger partial charge in [0.15, 0.2) is 0 Å². The number of hydrogen-bond donors (Lipinski definition) is 9. The number of ether oxygens (including phenoxy) is 8. The molecule has 110 heavy (non-hydrogen) atoms. The van der Waals surface area contributed by atoms with E-state index in [0.29, 0.717) is 107 Å². The lowest BCUT2D eigenvalue weighted by Crippen LogP contribution is -2.60. The zero-order valence-electron chi connectivity index (χ0n) is 67.3. The van der Waals surface area contributed by atoms with Gasteiger partial charge in [-0.2, -0.15) is 0 Å². The third kappa shape index (κ3) is 30.1. The molecule has 30 nitrogen and oxygen atoms in total. The first-order valence-corrected chi connectivity index (χ1v) is 39.1. The second-order valence-corrected chi connectivity index (χ2v) is 29.9. The van der Waals surface area contributed by atoms with Crippen LogP contribution < -0.4 is 43.0 Å². The summed E-state index contributed by atoms with van der Waals surface area (Å²) in [6.45, 7) is 21.3. The van der Waals surface area contributed by atoms with Gasteiger partial charge in [-0.3, -0.25) is 38.5 Å². The number of hydrogen-bond acceptors (Lipinski definition) is 19. The Bertz CT molecular complexity index is 3250. The van der Waals surface area contributed by atoms with Crippen LogP contribution in [0.25, 0.3) is 0 Å². The van der Waals surface area contributed by atoms with E-state index in [9.17, 15) is 53.1 Å². The molecule has 1 saturated heterocycles.